The number of rotatable bonds is 6. The molecule has 0 spiro atoms. The average Bonchev–Trinajstić information content (AvgIpc) is 2.34. The molecule has 0 saturated carbocycles. The van der Waals surface area contributed by atoms with Crippen LogP contribution in [0.2, 0.25) is 0 Å². The zero-order valence-electron chi connectivity index (χ0n) is 11.6. The summed E-state index contributed by atoms with van der Waals surface area (Å²) in [4.78, 5) is 0.395. The van der Waals surface area contributed by atoms with Gasteiger partial charge in [-0.05, 0) is 30.2 Å². The van der Waals surface area contributed by atoms with Gasteiger partial charge in [0, 0.05) is 12.3 Å². The lowest BCUT2D eigenvalue weighted by Crippen LogP contribution is -2.26. The molecule has 1 rings (SSSR count). The number of sulfone groups is 1. The summed E-state index contributed by atoms with van der Waals surface area (Å²) in [6, 6.07) is 7.46. The molecule has 0 heterocycles. The van der Waals surface area contributed by atoms with Gasteiger partial charge in [0.2, 0.25) is 0 Å². The van der Waals surface area contributed by atoms with Gasteiger partial charge >= 0.3 is 0 Å². The van der Waals surface area contributed by atoms with Crippen molar-refractivity contribution in [3.05, 3.63) is 29.8 Å². The highest BCUT2D eigenvalue weighted by atomic mass is 32.2. The Kier molecular flexibility index (Phi) is 5.35. The summed E-state index contributed by atoms with van der Waals surface area (Å²) in [7, 11) is -3.13. The minimum absolute atomic E-state index is 0.210. The van der Waals surface area contributed by atoms with E-state index < -0.39 is 9.84 Å². The summed E-state index contributed by atoms with van der Waals surface area (Å²) >= 11 is 0. The molecule has 1 aromatic rings. The summed E-state index contributed by atoms with van der Waals surface area (Å²) in [5, 5.41) is 3.43. The van der Waals surface area contributed by atoms with E-state index in [-0.39, 0.29) is 6.04 Å². The molecular formula is C14H23NO2S. The number of hydrogen-bond acceptors (Lipinski definition) is 3. The maximum atomic E-state index is 11.6. The fourth-order valence-corrected chi connectivity index (χ4v) is 2.72. The molecule has 4 heteroatoms. The molecule has 1 N–H and O–H groups in total. The lowest BCUT2D eigenvalue weighted by Gasteiger charge is -2.24. The molecular weight excluding hydrogens is 246 g/mol. The van der Waals surface area contributed by atoms with Crippen molar-refractivity contribution >= 4 is 9.84 Å². The third kappa shape index (κ3) is 3.82. The minimum atomic E-state index is -3.13. The van der Waals surface area contributed by atoms with Crippen LogP contribution in [0.25, 0.3) is 0 Å². The third-order valence-corrected chi connectivity index (χ3v) is 4.39. The van der Waals surface area contributed by atoms with Crippen molar-refractivity contribution in [2.75, 3.05) is 12.8 Å². The van der Waals surface area contributed by atoms with Crippen LogP contribution in [-0.4, -0.2) is 21.2 Å². The monoisotopic (exact) mass is 269 g/mol. The van der Waals surface area contributed by atoms with Crippen LogP contribution in [0.4, 0.5) is 0 Å². The minimum Gasteiger partial charge on any atom is -0.310 e. The lowest BCUT2D eigenvalue weighted by molar-refractivity contribution is 0.383. The van der Waals surface area contributed by atoms with Crippen molar-refractivity contribution in [3.63, 3.8) is 0 Å². The molecule has 0 aliphatic rings. The van der Waals surface area contributed by atoms with Crippen LogP contribution in [-0.2, 0) is 9.84 Å². The number of nitrogens with one attached hydrogen (secondary N) is 1. The van der Waals surface area contributed by atoms with Crippen molar-refractivity contribution in [2.24, 2.45) is 5.92 Å². The van der Waals surface area contributed by atoms with E-state index in [4.69, 9.17) is 0 Å². The summed E-state index contributed by atoms with van der Waals surface area (Å²) in [6.45, 7) is 7.27. The van der Waals surface area contributed by atoms with Crippen LogP contribution >= 0.6 is 0 Å². The Labute approximate surface area is 111 Å². The average molecular weight is 269 g/mol. The largest absolute Gasteiger partial charge is 0.310 e. The first-order chi connectivity index (χ1) is 8.40. The highest BCUT2D eigenvalue weighted by Gasteiger charge is 2.18. The van der Waals surface area contributed by atoms with Gasteiger partial charge in [-0.3, -0.25) is 0 Å². The van der Waals surface area contributed by atoms with Gasteiger partial charge in [-0.15, -0.1) is 0 Å². The molecule has 0 fully saturated rings. The first-order valence-electron chi connectivity index (χ1n) is 6.43. The fourth-order valence-electron chi connectivity index (χ4n) is 2.04. The van der Waals surface area contributed by atoms with Gasteiger partial charge in [-0.25, -0.2) is 8.42 Å². The standard InChI is InChI=1S/C14H23NO2S/c1-5-11(3)14(15-6-2)12-8-7-9-13(10-12)18(4,16)17/h7-11,14-15H,5-6H2,1-4H3. The molecule has 0 radical (unpaired) electrons. The van der Waals surface area contributed by atoms with Crippen molar-refractivity contribution < 1.29 is 8.42 Å². The first kappa shape index (κ1) is 15.2. The zero-order chi connectivity index (χ0) is 13.8. The molecule has 0 aliphatic heterocycles. The molecule has 0 aromatic heterocycles. The van der Waals surface area contributed by atoms with Crippen molar-refractivity contribution in [3.8, 4) is 0 Å². The normalized spacial score (nSPS) is 15.3. The van der Waals surface area contributed by atoms with Crippen LogP contribution in [0.15, 0.2) is 29.2 Å². The zero-order valence-corrected chi connectivity index (χ0v) is 12.4. The van der Waals surface area contributed by atoms with Crippen molar-refractivity contribution in [2.45, 2.75) is 38.1 Å². The van der Waals surface area contributed by atoms with Gasteiger partial charge < -0.3 is 5.32 Å². The van der Waals surface area contributed by atoms with E-state index in [0.717, 1.165) is 18.5 Å². The Morgan fingerprint density at radius 2 is 1.94 bits per heavy atom. The molecule has 1 aromatic carbocycles. The molecule has 2 atom stereocenters. The van der Waals surface area contributed by atoms with Gasteiger partial charge in [0.25, 0.3) is 0 Å². The van der Waals surface area contributed by atoms with Crippen LogP contribution in [0, 0.1) is 5.92 Å². The molecule has 2 unspecified atom stereocenters. The van der Waals surface area contributed by atoms with E-state index in [1.165, 1.54) is 6.26 Å². The van der Waals surface area contributed by atoms with Gasteiger partial charge in [-0.2, -0.15) is 0 Å². The summed E-state index contributed by atoms with van der Waals surface area (Å²) < 4.78 is 23.2. The predicted octanol–water partition coefficient (Wildman–Crippen LogP) is 2.79. The highest BCUT2D eigenvalue weighted by Crippen LogP contribution is 2.26. The van der Waals surface area contributed by atoms with E-state index in [0.29, 0.717) is 10.8 Å². The number of hydrogen-bond donors (Lipinski definition) is 1. The lowest BCUT2D eigenvalue weighted by atomic mass is 9.92. The Balaban J connectivity index is 3.13. The predicted molar refractivity (Wildman–Crippen MR) is 75.4 cm³/mol. The van der Waals surface area contributed by atoms with Crippen molar-refractivity contribution in [1.82, 2.24) is 5.32 Å². The Bertz CT molecular complexity index is 482. The molecule has 3 nitrogen and oxygen atoms in total. The van der Waals surface area contributed by atoms with Gasteiger partial charge in [0.15, 0.2) is 9.84 Å². The first-order valence-corrected chi connectivity index (χ1v) is 8.32. The maximum Gasteiger partial charge on any atom is 0.175 e. The topological polar surface area (TPSA) is 46.2 Å². The summed E-state index contributed by atoms with van der Waals surface area (Å²) in [5.41, 5.74) is 1.05. The Morgan fingerprint density at radius 1 is 1.28 bits per heavy atom. The van der Waals surface area contributed by atoms with Gasteiger partial charge in [0.1, 0.15) is 0 Å². The van der Waals surface area contributed by atoms with E-state index in [1.807, 2.05) is 12.1 Å². The van der Waals surface area contributed by atoms with E-state index >= 15 is 0 Å². The van der Waals surface area contributed by atoms with Gasteiger partial charge in [-0.1, -0.05) is 39.3 Å². The Morgan fingerprint density at radius 3 is 2.44 bits per heavy atom. The molecule has 102 valence electrons. The quantitative estimate of drug-likeness (QED) is 0.863. The second-order valence-electron chi connectivity index (χ2n) is 4.77. The highest BCUT2D eigenvalue weighted by molar-refractivity contribution is 7.90. The number of benzene rings is 1. The van der Waals surface area contributed by atoms with Crippen LogP contribution < -0.4 is 5.32 Å². The summed E-state index contributed by atoms with van der Waals surface area (Å²) in [6.07, 6.45) is 2.30. The SMILES string of the molecule is CCNC(c1cccc(S(C)(=O)=O)c1)C(C)CC. The molecule has 0 amide bonds. The summed E-state index contributed by atoms with van der Waals surface area (Å²) in [5.74, 6) is 0.472. The van der Waals surface area contributed by atoms with E-state index in [1.54, 1.807) is 12.1 Å². The Hall–Kier alpha value is -0.870. The molecule has 0 aliphatic carbocycles. The maximum absolute atomic E-state index is 11.6. The fraction of sp³-hybridized carbons (Fsp3) is 0.571. The molecule has 0 saturated heterocycles. The molecule has 18 heavy (non-hydrogen) atoms. The second kappa shape index (κ2) is 6.34. The van der Waals surface area contributed by atoms with Crippen LogP contribution in [0.1, 0.15) is 38.8 Å². The second-order valence-corrected chi connectivity index (χ2v) is 6.78. The molecule has 0 bridgehead atoms. The van der Waals surface area contributed by atoms with Crippen LogP contribution in [0.3, 0.4) is 0 Å². The smallest absolute Gasteiger partial charge is 0.175 e. The van der Waals surface area contributed by atoms with Gasteiger partial charge in [0.05, 0.1) is 4.90 Å². The van der Waals surface area contributed by atoms with Crippen molar-refractivity contribution in [1.29, 1.82) is 0 Å². The third-order valence-electron chi connectivity index (χ3n) is 3.28. The van der Waals surface area contributed by atoms with E-state index in [2.05, 4.69) is 26.1 Å². The van der Waals surface area contributed by atoms with E-state index in [9.17, 15) is 8.42 Å². The van der Waals surface area contributed by atoms with Crippen LogP contribution in [0.5, 0.6) is 0 Å².